The molecular formula is C20H23N3O. The maximum Gasteiger partial charge on any atom is 0.230 e. The van der Waals surface area contributed by atoms with Crippen LogP contribution in [0.3, 0.4) is 0 Å². The molecule has 4 nitrogen and oxygen atoms in total. The van der Waals surface area contributed by atoms with E-state index in [0.717, 1.165) is 23.1 Å². The van der Waals surface area contributed by atoms with Crippen LogP contribution in [0, 0.1) is 11.3 Å². The minimum atomic E-state index is -0.602. The summed E-state index contributed by atoms with van der Waals surface area (Å²) in [6, 6.07) is 11.9. The van der Waals surface area contributed by atoms with E-state index in [1.807, 2.05) is 51.1 Å². The summed E-state index contributed by atoms with van der Waals surface area (Å²) in [6.07, 6.45) is 4.18. The van der Waals surface area contributed by atoms with E-state index in [0.29, 0.717) is 5.56 Å². The molecule has 0 aliphatic heterocycles. The number of hydrogen-bond acceptors (Lipinski definition) is 3. The van der Waals surface area contributed by atoms with Gasteiger partial charge >= 0.3 is 0 Å². The molecule has 0 bridgehead atoms. The van der Waals surface area contributed by atoms with Crippen molar-refractivity contribution in [2.24, 2.45) is 0 Å². The first-order valence-electron chi connectivity index (χ1n) is 8.15. The standard InChI is InChI=1S/C20H23N3O/c1-5-14(2)23-19(24)20(3,4)18-8-6-16(7-9-18)17-10-15(11-21)12-22-13-17/h6-10,12-14H,5H2,1-4H3,(H,23,24). The SMILES string of the molecule is CCC(C)NC(=O)C(C)(C)c1ccc(-c2cncc(C#N)c2)cc1. The lowest BCUT2D eigenvalue weighted by molar-refractivity contribution is -0.126. The molecule has 1 aromatic heterocycles. The van der Waals surface area contributed by atoms with Crippen molar-refractivity contribution in [2.75, 3.05) is 0 Å². The second-order valence-electron chi connectivity index (χ2n) is 6.56. The lowest BCUT2D eigenvalue weighted by Crippen LogP contribution is -2.43. The molecule has 1 N–H and O–H groups in total. The van der Waals surface area contributed by atoms with Gasteiger partial charge in [-0.1, -0.05) is 31.2 Å². The summed E-state index contributed by atoms with van der Waals surface area (Å²) in [5.41, 5.74) is 2.75. The molecule has 124 valence electrons. The number of amides is 1. The number of nitrogens with one attached hydrogen (secondary N) is 1. The van der Waals surface area contributed by atoms with E-state index in [4.69, 9.17) is 5.26 Å². The summed E-state index contributed by atoms with van der Waals surface area (Å²) < 4.78 is 0. The first-order chi connectivity index (χ1) is 11.4. The molecule has 0 spiro atoms. The van der Waals surface area contributed by atoms with Gasteiger partial charge in [0.2, 0.25) is 5.91 Å². The molecule has 24 heavy (non-hydrogen) atoms. The number of aromatic nitrogens is 1. The summed E-state index contributed by atoms with van der Waals surface area (Å²) in [6.45, 7) is 7.91. The van der Waals surface area contributed by atoms with Crippen LogP contribution in [0.25, 0.3) is 11.1 Å². The van der Waals surface area contributed by atoms with Crippen molar-refractivity contribution >= 4 is 5.91 Å². The quantitative estimate of drug-likeness (QED) is 0.910. The molecular weight excluding hydrogens is 298 g/mol. The largest absolute Gasteiger partial charge is 0.353 e. The Labute approximate surface area is 143 Å². The number of benzene rings is 1. The fourth-order valence-electron chi connectivity index (χ4n) is 2.38. The smallest absolute Gasteiger partial charge is 0.230 e. The average Bonchev–Trinajstić information content (AvgIpc) is 2.61. The maximum atomic E-state index is 12.5. The predicted octanol–water partition coefficient (Wildman–Crippen LogP) is 3.81. The highest BCUT2D eigenvalue weighted by atomic mass is 16.2. The highest BCUT2D eigenvalue weighted by molar-refractivity contribution is 5.87. The lowest BCUT2D eigenvalue weighted by atomic mass is 9.83. The van der Waals surface area contributed by atoms with Gasteiger partial charge in [0.25, 0.3) is 0 Å². The van der Waals surface area contributed by atoms with Crippen molar-refractivity contribution in [3.8, 4) is 17.2 Å². The third kappa shape index (κ3) is 3.80. The highest BCUT2D eigenvalue weighted by Crippen LogP contribution is 2.27. The third-order valence-electron chi connectivity index (χ3n) is 4.36. The molecule has 0 saturated heterocycles. The number of nitriles is 1. The van der Waals surface area contributed by atoms with E-state index in [2.05, 4.69) is 23.3 Å². The molecule has 1 amide bonds. The third-order valence-corrected chi connectivity index (χ3v) is 4.36. The van der Waals surface area contributed by atoms with Gasteiger partial charge in [-0.05, 0) is 44.4 Å². The molecule has 1 unspecified atom stereocenters. The van der Waals surface area contributed by atoms with Crippen LogP contribution in [-0.2, 0) is 10.2 Å². The molecule has 0 saturated carbocycles. The molecule has 2 aromatic rings. The van der Waals surface area contributed by atoms with Crippen molar-refractivity contribution in [3.05, 3.63) is 53.9 Å². The Morgan fingerprint density at radius 1 is 1.25 bits per heavy atom. The summed E-state index contributed by atoms with van der Waals surface area (Å²) in [7, 11) is 0. The Morgan fingerprint density at radius 3 is 2.50 bits per heavy atom. The van der Waals surface area contributed by atoms with Crippen molar-refractivity contribution in [3.63, 3.8) is 0 Å². The van der Waals surface area contributed by atoms with Crippen LogP contribution in [0.15, 0.2) is 42.7 Å². The molecule has 2 rings (SSSR count). The fraction of sp³-hybridized carbons (Fsp3) is 0.350. The van der Waals surface area contributed by atoms with E-state index in [9.17, 15) is 4.79 Å². The summed E-state index contributed by atoms with van der Waals surface area (Å²) >= 11 is 0. The maximum absolute atomic E-state index is 12.5. The minimum absolute atomic E-state index is 0.0257. The number of hydrogen-bond donors (Lipinski definition) is 1. The first kappa shape index (κ1) is 17.7. The van der Waals surface area contributed by atoms with E-state index < -0.39 is 5.41 Å². The van der Waals surface area contributed by atoms with Crippen LogP contribution in [0.1, 0.15) is 45.2 Å². The number of nitrogens with zero attached hydrogens (tertiary/aromatic N) is 2. The molecule has 0 fully saturated rings. The summed E-state index contributed by atoms with van der Waals surface area (Å²) in [4.78, 5) is 16.6. The highest BCUT2D eigenvalue weighted by Gasteiger charge is 2.30. The van der Waals surface area contributed by atoms with Crippen LogP contribution < -0.4 is 5.32 Å². The monoisotopic (exact) mass is 321 g/mol. The Bertz CT molecular complexity index is 757. The molecule has 0 radical (unpaired) electrons. The van der Waals surface area contributed by atoms with Gasteiger partial charge in [0.15, 0.2) is 0 Å². The average molecular weight is 321 g/mol. The number of pyridine rings is 1. The van der Waals surface area contributed by atoms with Gasteiger partial charge in [-0.2, -0.15) is 5.26 Å². The number of carbonyl (C=O) groups excluding carboxylic acids is 1. The van der Waals surface area contributed by atoms with Crippen LogP contribution in [0.5, 0.6) is 0 Å². The predicted molar refractivity (Wildman–Crippen MR) is 95.3 cm³/mol. The topological polar surface area (TPSA) is 65.8 Å². The van der Waals surface area contributed by atoms with Gasteiger partial charge in [0, 0.05) is 24.0 Å². The molecule has 0 aliphatic carbocycles. The molecule has 1 atom stereocenters. The normalized spacial score (nSPS) is 12.3. The number of carbonyl (C=O) groups is 1. The summed E-state index contributed by atoms with van der Waals surface area (Å²) in [5, 5.41) is 12.0. The van der Waals surface area contributed by atoms with Gasteiger partial charge in [-0.25, -0.2) is 0 Å². The van der Waals surface area contributed by atoms with Crippen molar-refractivity contribution in [1.29, 1.82) is 5.26 Å². The Balaban J connectivity index is 2.25. The van der Waals surface area contributed by atoms with E-state index in [-0.39, 0.29) is 11.9 Å². The zero-order valence-electron chi connectivity index (χ0n) is 14.6. The van der Waals surface area contributed by atoms with Gasteiger partial charge in [0.05, 0.1) is 11.0 Å². The fourth-order valence-corrected chi connectivity index (χ4v) is 2.38. The Kier molecular flexibility index (Phi) is 5.35. The molecule has 0 aliphatic rings. The van der Waals surface area contributed by atoms with Crippen LogP contribution in [0.2, 0.25) is 0 Å². The Hall–Kier alpha value is -2.67. The van der Waals surface area contributed by atoms with E-state index in [1.165, 1.54) is 0 Å². The Morgan fingerprint density at radius 2 is 1.92 bits per heavy atom. The van der Waals surface area contributed by atoms with Crippen LogP contribution >= 0.6 is 0 Å². The van der Waals surface area contributed by atoms with Crippen LogP contribution in [-0.4, -0.2) is 16.9 Å². The first-order valence-corrected chi connectivity index (χ1v) is 8.15. The second-order valence-corrected chi connectivity index (χ2v) is 6.56. The molecule has 1 heterocycles. The zero-order chi connectivity index (χ0) is 17.7. The van der Waals surface area contributed by atoms with E-state index in [1.54, 1.807) is 12.4 Å². The van der Waals surface area contributed by atoms with Gasteiger partial charge < -0.3 is 5.32 Å². The van der Waals surface area contributed by atoms with Crippen molar-refractivity contribution in [2.45, 2.75) is 45.6 Å². The lowest BCUT2D eigenvalue weighted by Gasteiger charge is -2.26. The van der Waals surface area contributed by atoms with Gasteiger partial charge in [-0.15, -0.1) is 0 Å². The summed E-state index contributed by atoms with van der Waals surface area (Å²) in [5.74, 6) is 0.0257. The van der Waals surface area contributed by atoms with E-state index >= 15 is 0 Å². The minimum Gasteiger partial charge on any atom is -0.353 e. The molecule has 1 aromatic carbocycles. The van der Waals surface area contributed by atoms with Crippen molar-refractivity contribution < 1.29 is 4.79 Å². The van der Waals surface area contributed by atoms with Gasteiger partial charge in [-0.3, -0.25) is 9.78 Å². The zero-order valence-corrected chi connectivity index (χ0v) is 14.6. The second kappa shape index (κ2) is 7.27. The number of rotatable bonds is 5. The van der Waals surface area contributed by atoms with Crippen LogP contribution in [0.4, 0.5) is 0 Å². The van der Waals surface area contributed by atoms with Gasteiger partial charge in [0.1, 0.15) is 6.07 Å². The van der Waals surface area contributed by atoms with Crippen molar-refractivity contribution in [1.82, 2.24) is 10.3 Å². The molecule has 4 heteroatoms.